The van der Waals surface area contributed by atoms with Gasteiger partial charge in [-0.05, 0) is 0 Å². The van der Waals surface area contributed by atoms with Crippen molar-refractivity contribution in [1.29, 1.82) is 0 Å². The molecule has 0 aromatic rings. The average molecular weight is 536 g/mol. The first-order chi connectivity index (χ1) is 6.00. The molecule has 0 unspecified atom stereocenters. The monoisotopic (exact) mass is 536 g/mol. The van der Waals surface area contributed by atoms with Crippen molar-refractivity contribution in [2.24, 2.45) is 0 Å². The van der Waals surface area contributed by atoms with E-state index in [9.17, 15) is 0 Å². The predicted octanol–water partition coefficient (Wildman–Crippen LogP) is -5.60. The summed E-state index contributed by atoms with van der Waals surface area (Å²) >= 11 is 0. The average Bonchev–Trinajstić information content (AvgIpc) is 1.41. The van der Waals surface area contributed by atoms with Crippen LogP contribution in [0, 0.1) is 0 Å². The molecule has 104 valence electrons. The van der Waals surface area contributed by atoms with Gasteiger partial charge >= 0.3 is 51.7 Å². The molecule has 0 bridgehead atoms. The Labute approximate surface area is 140 Å². The van der Waals surface area contributed by atoms with Crippen molar-refractivity contribution in [3.63, 3.8) is 0 Å². The van der Waals surface area contributed by atoms with Crippen LogP contribution in [0.5, 0.6) is 0 Å². The van der Waals surface area contributed by atoms with Gasteiger partial charge in [-0.25, -0.2) is 0 Å². The van der Waals surface area contributed by atoms with Gasteiger partial charge < -0.3 is 32.8 Å². The Morgan fingerprint density at radius 2 is 0.444 bits per heavy atom. The smallest absolute Gasteiger partial charge is 0.759 e. The van der Waals surface area contributed by atoms with Crippen molar-refractivity contribution in [2.45, 2.75) is 0 Å². The molecule has 0 rings (SSSR count). The van der Waals surface area contributed by atoms with E-state index in [2.05, 4.69) is 0 Å². The summed E-state index contributed by atoms with van der Waals surface area (Å²) in [6, 6.07) is 0. The van der Waals surface area contributed by atoms with Gasteiger partial charge in [-0.3, -0.25) is 25.3 Å². The Bertz CT molecular complexity index is 341. The molecule has 0 saturated heterocycles. The maximum atomic E-state index is 8.52. The van der Waals surface area contributed by atoms with Crippen LogP contribution in [0.4, 0.5) is 0 Å². The van der Waals surface area contributed by atoms with E-state index in [4.69, 9.17) is 52.6 Å². The fourth-order valence-electron chi connectivity index (χ4n) is 0. The largest absolute Gasteiger partial charge is 3.00 e. The van der Waals surface area contributed by atoms with Gasteiger partial charge in [-0.1, -0.05) is 0 Å². The molecule has 13 nitrogen and oxygen atoms in total. The molecule has 18 heteroatoms. The van der Waals surface area contributed by atoms with E-state index in [-0.39, 0.29) is 57.2 Å². The molecule has 2 N–H and O–H groups in total. The minimum atomic E-state index is -5.17. The summed E-state index contributed by atoms with van der Waals surface area (Å²) in [4.78, 5) is 0. The standard InChI is InChI=1S/2In.3H2O4S.H2O/c;;3*1-5(2,3)4;/h;;3*(H2,1,2,3,4);1H2/q2*+3;;;;/p-6. The van der Waals surface area contributed by atoms with Gasteiger partial charge in [0.2, 0.25) is 0 Å². The maximum absolute atomic E-state index is 8.52. The van der Waals surface area contributed by atoms with Crippen LogP contribution < -0.4 is 0 Å². The van der Waals surface area contributed by atoms with E-state index in [1.54, 1.807) is 0 Å². The topological polar surface area (TPSA) is 272 Å². The van der Waals surface area contributed by atoms with Crippen LogP contribution in [0.2, 0.25) is 0 Å². The van der Waals surface area contributed by atoms with Crippen LogP contribution in [0.15, 0.2) is 0 Å². The Kier molecular flexibility index (Phi) is 29.9. The summed E-state index contributed by atoms with van der Waals surface area (Å²) in [5.74, 6) is 0. The molecule has 0 aromatic carbocycles. The van der Waals surface area contributed by atoms with Gasteiger partial charge in [0.25, 0.3) is 0 Å². The van der Waals surface area contributed by atoms with Crippen molar-refractivity contribution in [3.8, 4) is 0 Å². The van der Waals surface area contributed by atoms with Gasteiger partial charge in [0.15, 0.2) is 0 Å². The molecule has 0 atom stereocenters. The van der Waals surface area contributed by atoms with Crippen molar-refractivity contribution >= 4 is 82.9 Å². The van der Waals surface area contributed by atoms with Crippen LogP contribution in [-0.2, 0) is 31.2 Å². The second-order valence-corrected chi connectivity index (χ2v) is 3.67. The van der Waals surface area contributed by atoms with Gasteiger partial charge in [0.05, 0.1) is 0 Å². The molecule has 0 aliphatic carbocycles. The van der Waals surface area contributed by atoms with E-state index in [1.165, 1.54) is 0 Å². The first kappa shape index (κ1) is 36.5. The van der Waals surface area contributed by atoms with Crippen LogP contribution in [0.3, 0.4) is 0 Å². The molecule has 0 aromatic heterocycles. The van der Waals surface area contributed by atoms with E-state index >= 15 is 0 Å². The van der Waals surface area contributed by atoms with Crippen LogP contribution in [0.1, 0.15) is 0 Å². The molecule has 0 aliphatic rings. The van der Waals surface area contributed by atoms with Crippen molar-refractivity contribution in [3.05, 3.63) is 0 Å². The maximum Gasteiger partial charge on any atom is 3.00 e. The van der Waals surface area contributed by atoms with E-state index < -0.39 is 31.2 Å². The molecule has 0 saturated carbocycles. The Hall–Kier alpha value is 1.31. The molecular formula is H2In2O13S3. The molecule has 0 heterocycles. The molecule has 0 spiro atoms. The first-order valence-corrected chi connectivity index (χ1v) is 6.00. The van der Waals surface area contributed by atoms with Crippen LogP contribution in [0.25, 0.3) is 0 Å². The summed E-state index contributed by atoms with van der Waals surface area (Å²) in [6.45, 7) is 0. The third-order valence-electron chi connectivity index (χ3n) is 0. The zero-order valence-corrected chi connectivity index (χ0v) is 16.8. The summed E-state index contributed by atoms with van der Waals surface area (Å²) in [5, 5.41) is 0. The second kappa shape index (κ2) is 14.7. The SMILES string of the molecule is O.O=S(=O)([O-])[O-].O=S(=O)([O-])[O-].O=S(=O)([O-])[O-].[In+3].[In+3]. The van der Waals surface area contributed by atoms with E-state index in [1.807, 2.05) is 0 Å². The summed E-state index contributed by atoms with van der Waals surface area (Å²) in [7, 11) is -15.5. The van der Waals surface area contributed by atoms with Gasteiger partial charge in [-0.2, -0.15) is 0 Å². The molecule has 18 heavy (non-hydrogen) atoms. The van der Waals surface area contributed by atoms with Crippen molar-refractivity contribution < 1.29 is 58.0 Å². The summed E-state index contributed by atoms with van der Waals surface area (Å²) in [5.41, 5.74) is 0. The third-order valence-corrected chi connectivity index (χ3v) is 0. The Balaban J connectivity index is -0.0000000277. The zero-order valence-electron chi connectivity index (χ0n) is 7.78. The van der Waals surface area contributed by atoms with Gasteiger partial charge in [0.1, 0.15) is 0 Å². The fourth-order valence-corrected chi connectivity index (χ4v) is 0. The minimum absolute atomic E-state index is 0. The minimum Gasteiger partial charge on any atom is -0.759 e. The van der Waals surface area contributed by atoms with Crippen LogP contribution >= 0.6 is 0 Å². The Morgan fingerprint density at radius 3 is 0.444 bits per heavy atom. The number of hydrogen-bond donors (Lipinski definition) is 0. The van der Waals surface area contributed by atoms with Crippen molar-refractivity contribution in [2.75, 3.05) is 0 Å². The first-order valence-electron chi connectivity index (χ1n) is 2.00. The second-order valence-electron chi connectivity index (χ2n) is 1.22. The quantitative estimate of drug-likeness (QED) is 0.207. The predicted molar refractivity (Wildman–Crippen MR) is 46.5 cm³/mol. The third kappa shape index (κ3) is 2680. The molecule has 0 radical (unpaired) electrons. The normalized spacial score (nSPS) is 9.67. The fraction of sp³-hybridized carbons (Fsp3) is 0. The van der Waals surface area contributed by atoms with Gasteiger partial charge in [-0.15, -0.1) is 0 Å². The molecule has 0 aliphatic heterocycles. The van der Waals surface area contributed by atoms with E-state index in [0.717, 1.165) is 0 Å². The van der Waals surface area contributed by atoms with E-state index in [0.29, 0.717) is 0 Å². The summed E-state index contributed by atoms with van der Waals surface area (Å²) < 4.78 is 102. The molecule has 0 fully saturated rings. The van der Waals surface area contributed by atoms with Gasteiger partial charge in [0, 0.05) is 31.2 Å². The van der Waals surface area contributed by atoms with Crippen molar-refractivity contribution in [1.82, 2.24) is 0 Å². The number of hydrogen-bond acceptors (Lipinski definition) is 12. The Morgan fingerprint density at radius 1 is 0.444 bits per heavy atom. The summed E-state index contributed by atoms with van der Waals surface area (Å²) in [6.07, 6.45) is 0. The van der Waals surface area contributed by atoms with Crippen LogP contribution in [-0.4, -0.2) is 110 Å². The molecular weight excluding hydrogens is 534 g/mol. The zero-order chi connectivity index (χ0) is 13.5. The number of rotatable bonds is 0. The molecule has 0 amide bonds.